The number of fused-ring (bicyclic) bond motifs is 6. The molecule has 42 heavy (non-hydrogen) atoms. The fourth-order valence-electron chi connectivity index (χ4n) is 6.04. The molecule has 0 aliphatic carbocycles. The summed E-state index contributed by atoms with van der Waals surface area (Å²) >= 11 is 3.67. The largest absolute Gasteiger partial charge is 0.281 e. The zero-order chi connectivity index (χ0) is 28.2. The summed E-state index contributed by atoms with van der Waals surface area (Å²) in [5.41, 5.74) is 6.43. The number of nitrogens with zero attached hydrogens (tertiary/aromatic N) is 1. The van der Waals surface area contributed by atoms with Gasteiger partial charge >= 0.3 is 0 Å². The van der Waals surface area contributed by atoms with E-state index in [1.807, 2.05) is 22.7 Å². The van der Waals surface area contributed by atoms with Gasteiger partial charge in [0.15, 0.2) is 0 Å². The zero-order valence-corrected chi connectivity index (χ0v) is 24.5. The van der Waals surface area contributed by atoms with Crippen molar-refractivity contribution in [3.05, 3.63) is 133 Å². The van der Waals surface area contributed by atoms with Crippen molar-refractivity contribution >= 4 is 80.3 Å². The topological polar surface area (TPSA) is 20.3 Å². The highest BCUT2D eigenvalue weighted by atomic mass is 32.1. The van der Waals surface area contributed by atoms with Gasteiger partial charge in [-0.15, -0.1) is 22.7 Å². The normalized spacial score (nSPS) is 11.5. The summed E-state index contributed by atoms with van der Waals surface area (Å²) in [4.78, 5) is 14.7. The molecular weight excluding hydrogens is 551 g/mol. The Hall–Kier alpha value is -4.77. The molecular formula is C38H25NOS2. The molecule has 0 atom stereocenters. The van der Waals surface area contributed by atoms with Crippen LogP contribution in [0.4, 0.5) is 11.4 Å². The lowest BCUT2D eigenvalue weighted by Crippen LogP contribution is -2.22. The van der Waals surface area contributed by atoms with Crippen molar-refractivity contribution in [2.75, 3.05) is 4.90 Å². The summed E-state index contributed by atoms with van der Waals surface area (Å²) in [5.74, 6) is -0.0197. The summed E-state index contributed by atoms with van der Waals surface area (Å²) in [6, 6.07) is 46.9. The summed E-state index contributed by atoms with van der Waals surface area (Å²) < 4.78 is 5.18. The van der Waals surface area contributed by atoms with E-state index >= 15 is 0 Å². The second-order valence-corrected chi connectivity index (χ2v) is 12.6. The molecule has 200 valence electrons. The molecule has 6 aromatic carbocycles. The monoisotopic (exact) mass is 575 g/mol. The van der Waals surface area contributed by atoms with Crippen molar-refractivity contribution in [2.24, 2.45) is 0 Å². The molecule has 8 aromatic rings. The van der Waals surface area contributed by atoms with Gasteiger partial charge in [0.2, 0.25) is 5.91 Å². The van der Waals surface area contributed by atoms with Gasteiger partial charge in [-0.3, -0.25) is 9.69 Å². The second kappa shape index (κ2) is 9.95. The summed E-state index contributed by atoms with van der Waals surface area (Å²) in [6.07, 6.45) is 0. The van der Waals surface area contributed by atoms with Gasteiger partial charge in [0.05, 0.1) is 0 Å². The molecule has 0 saturated carbocycles. The van der Waals surface area contributed by atoms with E-state index in [4.69, 9.17) is 0 Å². The Kier molecular flexibility index (Phi) is 5.92. The molecule has 1 amide bonds. The van der Waals surface area contributed by atoms with Crippen molar-refractivity contribution < 1.29 is 4.79 Å². The van der Waals surface area contributed by atoms with Crippen LogP contribution in [-0.4, -0.2) is 5.91 Å². The number of benzene rings is 6. The number of hydrogen-bond donors (Lipinski definition) is 0. The number of rotatable bonds is 4. The standard InChI is InChI=1S/C38H25NOS2/c1-24(40)39(27-20-16-25(17-21-27)29-10-6-12-33-31-8-2-4-14-35(31)41-37(29)33)28-22-18-26(19-23-28)30-11-7-13-34-32-9-3-5-15-36(32)42-38(30)34/h2-23H,1H3. The maximum atomic E-state index is 12.9. The van der Waals surface area contributed by atoms with E-state index in [0.717, 1.165) is 22.5 Å². The van der Waals surface area contributed by atoms with Crippen LogP contribution in [0.25, 0.3) is 62.6 Å². The first kappa shape index (κ1) is 25.0. The molecule has 0 aliphatic heterocycles. The molecule has 0 spiro atoms. The maximum absolute atomic E-state index is 12.9. The second-order valence-electron chi connectivity index (χ2n) is 10.5. The van der Waals surface area contributed by atoms with Gasteiger partial charge in [-0.25, -0.2) is 0 Å². The van der Waals surface area contributed by atoms with Crippen LogP contribution in [0.1, 0.15) is 6.92 Å². The molecule has 4 heteroatoms. The molecule has 0 fully saturated rings. The minimum absolute atomic E-state index is 0.0197. The number of carbonyl (C=O) groups excluding carboxylic acids is 1. The first-order chi connectivity index (χ1) is 20.7. The molecule has 0 aliphatic rings. The van der Waals surface area contributed by atoms with Crippen molar-refractivity contribution in [3.8, 4) is 22.3 Å². The van der Waals surface area contributed by atoms with Crippen LogP contribution in [-0.2, 0) is 4.79 Å². The fraction of sp³-hybridized carbons (Fsp3) is 0.0263. The van der Waals surface area contributed by atoms with Gasteiger partial charge in [-0.2, -0.15) is 0 Å². The van der Waals surface area contributed by atoms with Gasteiger partial charge in [0, 0.05) is 58.6 Å². The summed E-state index contributed by atoms with van der Waals surface area (Å²) in [5, 5.41) is 5.17. The van der Waals surface area contributed by atoms with E-state index in [-0.39, 0.29) is 5.91 Å². The third-order valence-electron chi connectivity index (χ3n) is 8.00. The van der Waals surface area contributed by atoms with Gasteiger partial charge in [0.25, 0.3) is 0 Å². The van der Waals surface area contributed by atoms with Gasteiger partial charge < -0.3 is 0 Å². The highest BCUT2D eigenvalue weighted by Crippen LogP contribution is 2.42. The number of hydrogen-bond acceptors (Lipinski definition) is 3. The minimum Gasteiger partial charge on any atom is -0.281 e. The Morgan fingerprint density at radius 1 is 0.476 bits per heavy atom. The Bertz CT molecular complexity index is 2120. The maximum Gasteiger partial charge on any atom is 0.228 e. The number of thiophene rings is 2. The van der Waals surface area contributed by atoms with E-state index in [0.29, 0.717) is 0 Å². The predicted molar refractivity (Wildman–Crippen MR) is 182 cm³/mol. The van der Waals surface area contributed by atoms with E-state index < -0.39 is 0 Å². The highest BCUT2D eigenvalue weighted by molar-refractivity contribution is 7.26. The molecule has 2 aromatic heterocycles. The predicted octanol–water partition coefficient (Wildman–Crippen LogP) is 11.4. The average molecular weight is 576 g/mol. The SMILES string of the molecule is CC(=O)N(c1ccc(-c2cccc3c2sc2ccccc23)cc1)c1ccc(-c2cccc3c2sc2ccccc23)cc1. The van der Waals surface area contributed by atoms with Crippen molar-refractivity contribution in [2.45, 2.75) is 6.92 Å². The Morgan fingerprint density at radius 3 is 1.31 bits per heavy atom. The van der Waals surface area contributed by atoms with Crippen molar-refractivity contribution in [1.82, 2.24) is 0 Å². The van der Waals surface area contributed by atoms with Crippen LogP contribution in [0.15, 0.2) is 133 Å². The van der Waals surface area contributed by atoms with Crippen LogP contribution in [0, 0.1) is 0 Å². The smallest absolute Gasteiger partial charge is 0.228 e. The Balaban J connectivity index is 1.14. The lowest BCUT2D eigenvalue weighted by Gasteiger charge is -2.22. The van der Waals surface area contributed by atoms with Gasteiger partial charge in [0.1, 0.15) is 0 Å². The van der Waals surface area contributed by atoms with Gasteiger partial charge in [-0.05, 0) is 58.7 Å². The van der Waals surface area contributed by atoms with Crippen molar-refractivity contribution in [3.63, 3.8) is 0 Å². The summed E-state index contributed by atoms with van der Waals surface area (Å²) in [6.45, 7) is 1.62. The van der Waals surface area contributed by atoms with Crippen LogP contribution < -0.4 is 4.90 Å². The minimum atomic E-state index is -0.0197. The molecule has 0 saturated heterocycles. The highest BCUT2D eigenvalue weighted by Gasteiger charge is 2.17. The fourth-order valence-corrected chi connectivity index (χ4v) is 8.52. The number of anilines is 2. The molecule has 0 radical (unpaired) electrons. The molecule has 0 N–H and O–H groups in total. The van der Waals surface area contributed by atoms with Crippen LogP contribution in [0.5, 0.6) is 0 Å². The number of amides is 1. The van der Waals surface area contributed by atoms with E-state index in [9.17, 15) is 4.79 Å². The molecule has 0 unspecified atom stereocenters. The number of carbonyl (C=O) groups is 1. The van der Waals surface area contributed by atoms with Gasteiger partial charge in [-0.1, -0.05) is 97.1 Å². The van der Waals surface area contributed by atoms with Crippen LogP contribution in [0.2, 0.25) is 0 Å². The first-order valence-electron chi connectivity index (χ1n) is 14.0. The molecule has 2 heterocycles. The van der Waals surface area contributed by atoms with Crippen LogP contribution in [0.3, 0.4) is 0 Å². The Labute approximate surface area is 251 Å². The van der Waals surface area contributed by atoms with E-state index in [2.05, 4.69) is 133 Å². The zero-order valence-electron chi connectivity index (χ0n) is 22.9. The Morgan fingerprint density at radius 2 is 0.881 bits per heavy atom. The van der Waals surface area contributed by atoms with E-state index in [1.54, 1.807) is 11.8 Å². The van der Waals surface area contributed by atoms with E-state index in [1.165, 1.54) is 51.5 Å². The average Bonchev–Trinajstić information content (AvgIpc) is 3.60. The first-order valence-corrected chi connectivity index (χ1v) is 15.6. The molecule has 2 nitrogen and oxygen atoms in total. The summed E-state index contributed by atoms with van der Waals surface area (Å²) in [7, 11) is 0. The quantitative estimate of drug-likeness (QED) is 0.204. The lowest BCUT2D eigenvalue weighted by atomic mass is 10.0. The third kappa shape index (κ3) is 4.03. The molecule has 0 bridgehead atoms. The molecule has 8 rings (SSSR count). The third-order valence-corrected chi connectivity index (χ3v) is 10.4. The lowest BCUT2D eigenvalue weighted by molar-refractivity contribution is -0.115. The van der Waals surface area contributed by atoms with Crippen molar-refractivity contribution in [1.29, 1.82) is 0 Å². The van der Waals surface area contributed by atoms with Crippen LogP contribution >= 0.6 is 22.7 Å².